The summed E-state index contributed by atoms with van der Waals surface area (Å²) in [4.78, 5) is 0. The monoisotopic (exact) mass is 164 g/mol. The molecule has 0 heterocycles. The molecule has 0 fully saturated rings. The van der Waals surface area contributed by atoms with Crippen molar-refractivity contribution >= 4 is 0 Å². The van der Waals surface area contributed by atoms with Crippen LogP contribution in [0, 0.1) is 5.92 Å². The summed E-state index contributed by atoms with van der Waals surface area (Å²) in [6, 6.07) is 0. The molecule has 1 unspecified atom stereocenters. The second kappa shape index (κ2) is 4.49. The van der Waals surface area contributed by atoms with Crippen LogP contribution < -0.4 is 0 Å². The van der Waals surface area contributed by atoms with E-state index in [-0.39, 0.29) is 0 Å². The van der Waals surface area contributed by atoms with E-state index in [2.05, 4.69) is 32.9 Å². The van der Waals surface area contributed by atoms with Gasteiger partial charge in [-0.05, 0) is 43.3 Å². The van der Waals surface area contributed by atoms with E-state index in [1.165, 1.54) is 25.7 Å². The minimum absolute atomic E-state index is 0.812. The van der Waals surface area contributed by atoms with Gasteiger partial charge in [0.2, 0.25) is 0 Å². The van der Waals surface area contributed by atoms with Crippen molar-refractivity contribution in [1.82, 2.24) is 0 Å². The topological polar surface area (TPSA) is 0 Å². The molecule has 0 spiro atoms. The Balaban J connectivity index is 2.61. The van der Waals surface area contributed by atoms with E-state index in [0.717, 1.165) is 5.92 Å². The summed E-state index contributed by atoms with van der Waals surface area (Å²) in [6.45, 7) is 6.73. The first-order chi connectivity index (χ1) is 5.77. The molecule has 0 nitrogen and oxygen atoms in total. The van der Waals surface area contributed by atoms with E-state index in [0.29, 0.717) is 0 Å². The van der Waals surface area contributed by atoms with Crippen molar-refractivity contribution in [2.75, 3.05) is 0 Å². The van der Waals surface area contributed by atoms with Gasteiger partial charge in [-0.3, -0.25) is 0 Å². The lowest BCUT2D eigenvalue weighted by atomic mass is 10.0. The van der Waals surface area contributed by atoms with Gasteiger partial charge >= 0.3 is 0 Å². The van der Waals surface area contributed by atoms with Crippen LogP contribution in [0.15, 0.2) is 23.3 Å². The first-order valence-electron chi connectivity index (χ1n) is 5.14. The van der Waals surface area contributed by atoms with E-state index in [1.54, 1.807) is 11.1 Å². The highest BCUT2D eigenvalue weighted by molar-refractivity contribution is 5.33. The highest BCUT2D eigenvalue weighted by Gasteiger charge is 2.13. The Labute approximate surface area is 76.4 Å². The standard InChI is InChI=1S/C12H20/c1-4-6-11(5-2)12-8-7-10(3)9-12/h5,9-10H,4,6-8H2,1-3H3/b11-5+. The van der Waals surface area contributed by atoms with Crippen molar-refractivity contribution in [3.8, 4) is 0 Å². The van der Waals surface area contributed by atoms with Crippen LogP contribution in [0.4, 0.5) is 0 Å². The molecular formula is C12H20. The third-order valence-corrected chi connectivity index (χ3v) is 2.63. The zero-order valence-corrected chi connectivity index (χ0v) is 8.56. The smallest absolute Gasteiger partial charge is 0.0253 e. The summed E-state index contributed by atoms with van der Waals surface area (Å²) in [5.41, 5.74) is 3.20. The van der Waals surface area contributed by atoms with Crippen LogP contribution in [0.3, 0.4) is 0 Å². The molecule has 68 valence electrons. The first kappa shape index (κ1) is 9.57. The molecule has 1 atom stereocenters. The van der Waals surface area contributed by atoms with Crippen LogP contribution in [0.5, 0.6) is 0 Å². The summed E-state index contributed by atoms with van der Waals surface area (Å²) >= 11 is 0. The second-order valence-electron chi connectivity index (χ2n) is 3.77. The fourth-order valence-electron chi connectivity index (χ4n) is 1.92. The van der Waals surface area contributed by atoms with Gasteiger partial charge in [0.25, 0.3) is 0 Å². The first-order valence-corrected chi connectivity index (χ1v) is 5.14. The number of allylic oxidation sites excluding steroid dienone is 4. The molecule has 1 rings (SSSR count). The molecule has 12 heavy (non-hydrogen) atoms. The third kappa shape index (κ3) is 2.23. The molecule has 1 aliphatic carbocycles. The predicted molar refractivity (Wildman–Crippen MR) is 55.1 cm³/mol. The Morgan fingerprint density at radius 3 is 2.83 bits per heavy atom. The molecule has 1 aliphatic rings. The molecule has 0 aromatic carbocycles. The van der Waals surface area contributed by atoms with Gasteiger partial charge < -0.3 is 0 Å². The summed E-state index contributed by atoms with van der Waals surface area (Å²) in [5, 5.41) is 0. The average molecular weight is 164 g/mol. The van der Waals surface area contributed by atoms with E-state index in [4.69, 9.17) is 0 Å². The summed E-state index contributed by atoms with van der Waals surface area (Å²) in [6.07, 6.45) is 9.93. The third-order valence-electron chi connectivity index (χ3n) is 2.63. The average Bonchev–Trinajstić information content (AvgIpc) is 2.47. The minimum atomic E-state index is 0.812. The Morgan fingerprint density at radius 1 is 1.67 bits per heavy atom. The summed E-state index contributed by atoms with van der Waals surface area (Å²) < 4.78 is 0. The number of hydrogen-bond donors (Lipinski definition) is 0. The molecule has 0 radical (unpaired) electrons. The van der Waals surface area contributed by atoms with E-state index in [9.17, 15) is 0 Å². The summed E-state index contributed by atoms with van der Waals surface area (Å²) in [7, 11) is 0. The fourth-order valence-corrected chi connectivity index (χ4v) is 1.92. The predicted octanol–water partition coefficient (Wildman–Crippen LogP) is 4.09. The van der Waals surface area contributed by atoms with Gasteiger partial charge in [-0.1, -0.05) is 32.4 Å². The van der Waals surface area contributed by atoms with Crippen molar-refractivity contribution < 1.29 is 0 Å². The lowest BCUT2D eigenvalue weighted by Crippen LogP contribution is -1.85. The number of hydrogen-bond acceptors (Lipinski definition) is 0. The zero-order valence-electron chi connectivity index (χ0n) is 8.56. The van der Waals surface area contributed by atoms with Gasteiger partial charge in [0.05, 0.1) is 0 Å². The Bertz CT molecular complexity index is 196. The molecule has 0 amide bonds. The van der Waals surface area contributed by atoms with Gasteiger partial charge in [-0.2, -0.15) is 0 Å². The largest absolute Gasteiger partial charge is 0.0842 e. The normalized spacial score (nSPS) is 24.4. The molecule has 0 heteroatoms. The lowest BCUT2D eigenvalue weighted by molar-refractivity contribution is 0.697. The molecular weight excluding hydrogens is 144 g/mol. The van der Waals surface area contributed by atoms with Gasteiger partial charge in [0, 0.05) is 0 Å². The maximum Gasteiger partial charge on any atom is -0.0253 e. The van der Waals surface area contributed by atoms with Crippen molar-refractivity contribution in [3.05, 3.63) is 23.3 Å². The SMILES string of the molecule is C/C=C(\CCC)C1=CC(C)CC1. The fraction of sp³-hybridized carbons (Fsp3) is 0.667. The molecule has 0 bridgehead atoms. The molecule has 0 N–H and O–H groups in total. The molecule has 0 aliphatic heterocycles. The maximum absolute atomic E-state index is 2.45. The second-order valence-corrected chi connectivity index (χ2v) is 3.77. The van der Waals surface area contributed by atoms with Crippen LogP contribution in [0.25, 0.3) is 0 Å². The van der Waals surface area contributed by atoms with Crippen molar-refractivity contribution in [2.24, 2.45) is 5.92 Å². The number of rotatable bonds is 3. The van der Waals surface area contributed by atoms with Gasteiger partial charge in [-0.15, -0.1) is 0 Å². The van der Waals surface area contributed by atoms with Crippen LogP contribution >= 0.6 is 0 Å². The van der Waals surface area contributed by atoms with Crippen molar-refractivity contribution in [3.63, 3.8) is 0 Å². The van der Waals surface area contributed by atoms with E-state index < -0.39 is 0 Å². The van der Waals surface area contributed by atoms with Crippen LogP contribution in [-0.2, 0) is 0 Å². The molecule has 0 aromatic heterocycles. The lowest BCUT2D eigenvalue weighted by Gasteiger charge is -2.05. The summed E-state index contributed by atoms with van der Waals surface area (Å²) in [5.74, 6) is 0.812. The highest BCUT2D eigenvalue weighted by atomic mass is 14.2. The van der Waals surface area contributed by atoms with Crippen molar-refractivity contribution in [2.45, 2.75) is 46.5 Å². The molecule has 0 aromatic rings. The van der Waals surface area contributed by atoms with Crippen molar-refractivity contribution in [1.29, 1.82) is 0 Å². The Morgan fingerprint density at radius 2 is 2.42 bits per heavy atom. The maximum atomic E-state index is 2.45. The van der Waals surface area contributed by atoms with E-state index in [1.807, 2.05) is 0 Å². The quantitative estimate of drug-likeness (QED) is 0.589. The van der Waals surface area contributed by atoms with Crippen LogP contribution in [-0.4, -0.2) is 0 Å². The van der Waals surface area contributed by atoms with Crippen LogP contribution in [0.2, 0.25) is 0 Å². The Kier molecular flexibility index (Phi) is 3.58. The highest BCUT2D eigenvalue weighted by Crippen LogP contribution is 2.30. The van der Waals surface area contributed by atoms with E-state index >= 15 is 0 Å². The molecule has 0 saturated heterocycles. The van der Waals surface area contributed by atoms with Gasteiger partial charge in [0.1, 0.15) is 0 Å². The minimum Gasteiger partial charge on any atom is -0.0842 e. The molecule has 0 saturated carbocycles. The van der Waals surface area contributed by atoms with Gasteiger partial charge in [0.15, 0.2) is 0 Å². The van der Waals surface area contributed by atoms with Crippen LogP contribution in [0.1, 0.15) is 46.5 Å². The zero-order chi connectivity index (χ0) is 8.97. The van der Waals surface area contributed by atoms with Gasteiger partial charge in [-0.25, -0.2) is 0 Å². The Hall–Kier alpha value is -0.520.